The fourth-order valence-corrected chi connectivity index (χ4v) is 1.75. The lowest BCUT2D eigenvalue weighted by Crippen LogP contribution is -2.12. The van der Waals surface area contributed by atoms with Crippen LogP contribution in [0.25, 0.3) is 0 Å². The van der Waals surface area contributed by atoms with Crippen LogP contribution in [-0.4, -0.2) is 6.04 Å². The number of hydrogen-bond donors (Lipinski definition) is 1. The minimum absolute atomic E-state index is 0.0728. The van der Waals surface area contributed by atoms with E-state index in [0.29, 0.717) is 5.02 Å². The van der Waals surface area contributed by atoms with Crippen LogP contribution in [0.3, 0.4) is 0 Å². The van der Waals surface area contributed by atoms with E-state index in [9.17, 15) is 0 Å². The van der Waals surface area contributed by atoms with E-state index in [1.54, 1.807) is 0 Å². The molecule has 0 saturated carbocycles. The van der Waals surface area contributed by atoms with Crippen molar-refractivity contribution in [3.05, 3.63) is 65.2 Å². The third-order valence-electron chi connectivity index (χ3n) is 2.45. The summed E-state index contributed by atoms with van der Waals surface area (Å²) < 4.78 is 0. The van der Waals surface area contributed by atoms with Crippen LogP contribution in [-0.2, 0) is 0 Å². The Kier molecular flexibility index (Phi) is 4.28. The van der Waals surface area contributed by atoms with Gasteiger partial charge in [-0.25, -0.2) is 0 Å². The van der Waals surface area contributed by atoms with Gasteiger partial charge in [-0.3, -0.25) is 0 Å². The molecule has 1 nitrogen and oxygen atoms in total. The standard InChI is InChI=1S/C16H14ClN/c1-13(18-15-8-3-2-4-9-15)11-12-14-7-5-6-10-16(14)17/h2-10,13,18H,1H3/t13-/m1/s1. The van der Waals surface area contributed by atoms with Crippen LogP contribution in [0.5, 0.6) is 0 Å². The Labute approximate surface area is 113 Å². The van der Waals surface area contributed by atoms with Gasteiger partial charge >= 0.3 is 0 Å². The van der Waals surface area contributed by atoms with Crippen LogP contribution in [0, 0.1) is 11.8 Å². The van der Waals surface area contributed by atoms with Crippen LogP contribution in [0.1, 0.15) is 12.5 Å². The summed E-state index contributed by atoms with van der Waals surface area (Å²) in [7, 11) is 0. The van der Waals surface area contributed by atoms with Gasteiger partial charge in [-0.1, -0.05) is 53.8 Å². The molecule has 2 aromatic carbocycles. The summed E-state index contributed by atoms with van der Waals surface area (Å²) in [5.74, 6) is 6.23. The first-order chi connectivity index (χ1) is 8.75. The molecule has 0 amide bonds. The predicted molar refractivity (Wildman–Crippen MR) is 77.9 cm³/mol. The summed E-state index contributed by atoms with van der Waals surface area (Å²) in [4.78, 5) is 0. The number of nitrogens with one attached hydrogen (secondary N) is 1. The summed E-state index contributed by atoms with van der Waals surface area (Å²) in [5.41, 5.74) is 1.93. The van der Waals surface area contributed by atoms with E-state index in [0.717, 1.165) is 11.3 Å². The molecule has 90 valence electrons. The second-order valence-electron chi connectivity index (χ2n) is 3.98. The van der Waals surface area contributed by atoms with Gasteiger partial charge in [0.1, 0.15) is 0 Å². The first-order valence-electron chi connectivity index (χ1n) is 5.83. The zero-order chi connectivity index (χ0) is 12.8. The predicted octanol–water partition coefficient (Wildman–Crippen LogP) is 4.19. The molecular formula is C16H14ClN. The fourth-order valence-electron chi connectivity index (χ4n) is 1.57. The summed E-state index contributed by atoms with van der Waals surface area (Å²) in [6.07, 6.45) is 0. The van der Waals surface area contributed by atoms with Crippen molar-refractivity contribution in [2.75, 3.05) is 5.32 Å². The Hall–Kier alpha value is -1.91. The molecule has 0 spiro atoms. The molecule has 0 aromatic heterocycles. The van der Waals surface area contributed by atoms with Crippen molar-refractivity contribution in [3.63, 3.8) is 0 Å². The molecule has 2 heteroatoms. The zero-order valence-electron chi connectivity index (χ0n) is 10.2. The molecule has 0 bridgehead atoms. The van der Waals surface area contributed by atoms with Gasteiger partial charge in [-0.05, 0) is 31.2 Å². The molecule has 0 heterocycles. The van der Waals surface area contributed by atoms with Gasteiger partial charge in [0, 0.05) is 11.3 Å². The van der Waals surface area contributed by atoms with Gasteiger partial charge in [0.2, 0.25) is 0 Å². The number of para-hydroxylation sites is 1. The van der Waals surface area contributed by atoms with E-state index < -0.39 is 0 Å². The van der Waals surface area contributed by atoms with Gasteiger partial charge in [0.05, 0.1) is 11.1 Å². The number of anilines is 1. The lowest BCUT2D eigenvalue weighted by molar-refractivity contribution is 1.03. The van der Waals surface area contributed by atoms with E-state index in [1.165, 1.54) is 0 Å². The molecule has 0 saturated heterocycles. The van der Waals surface area contributed by atoms with Gasteiger partial charge in [-0.2, -0.15) is 0 Å². The Balaban J connectivity index is 2.05. The second kappa shape index (κ2) is 6.14. The Morgan fingerprint density at radius 1 is 1.00 bits per heavy atom. The highest BCUT2D eigenvalue weighted by Crippen LogP contribution is 2.13. The first kappa shape index (κ1) is 12.5. The quantitative estimate of drug-likeness (QED) is 0.794. The van der Waals surface area contributed by atoms with Crippen molar-refractivity contribution in [2.24, 2.45) is 0 Å². The minimum atomic E-state index is 0.0728. The maximum Gasteiger partial charge on any atom is 0.0852 e. The Morgan fingerprint density at radius 3 is 2.39 bits per heavy atom. The highest BCUT2D eigenvalue weighted by molar-refractivity contribution is 6.31. The van der Waals surface area contributed by atoms with E-state index >= 15 is 0 Å². The molecule has 1 atom stereocenters. The van der Waals surface area contributed by atoms with Crippen molar-refractivity contribution < 1.29 is 0 Å². The van der Waals surface area contributed by atoms with Crippen LogP contribution < -0.4 is 5.32 Å². The monoisotopic (exact) mass is 255 g/mol. The molecule has 2 rings (SSSR count). The third-order valence-corrected chi connectivity index (χ3v) is 2.78. The first-order valence-corrected chi connectivity index (χ1v) is 6.21. The molecule has 0 aliphatic rings. The molecule has 2 aromatic rings. The summed E-state index contributed by atoms with van der Waals surface area (Å²) >= 11 is 6.04. The summed E-state index contributed by atoms with van der Waals surface area (Å²) in [6.45, 7) is 2.02. The number of halogens is 1. The Bertz CT molecular complexity index is 566. The van der Waals surface area contributed by atoms with Crippen molar-refractivity contribution in [1.82, 2.24) is 0 Å². The lowest BCUT2D eigenvalue weighted by Gasteiger charge is -2.08. The number of benzene rings is 2. The number of hydrogen-bond acceptors (Lipinski definition) is 1. The van der Waals surface area contributed by atoms with E-state index in [-0.39, 0.29) is 6.04 Å². The van der Waals surface area contributed by atoms with E-state index in [2.05, 4.69) is 17.2 Å². The Morgan fingerprint density at radius 2 is 1.67 bits per heavy atom. The molecule has 18 heavy (non-hydrogen) atoms. The van der Waals surface area contributed by atoms with Crippen molar-refractivity contribution in [3.8, 4) is 11.8 Å². The average Bonchev–Trinajstić information content (AvgIpc) is 2.39. The second-order valence-corrected chi connectivity index (χ2v) is 4.39. The molecule has 0 unspecified atom stereocenters. The van der Waals surface area contributed by atoms with Crippen LogP contribution in [0.4, 0.5) is 5.69 Å². The highest BCUT2D eigenvalue weighted by atomic mass is 35.5. The van der Waals surface area contributed by atoms with Crippen LogP contribution in [0.2, 0.25) is 5.02 Å². The molecule has 0 radical (unpaired) electrons. The smallest absolute Gasteiger partial charge is 0.0852 e. The molecule has 0 aliphatic heterocycles. The molecule has 0 fully saturated rings. The number of rotatable bonds is 2. The average molecular weight is 256 g/mol. The van der Waals surface area contributed by atoms with Crippen LogP contribution in [0.15, 0.2) is 54.6 Å². The lowest BCUT2D eigenvalue weighted by atomic mass is 10.2. The maximum absolute atomic E-state index is 6.04. The SMILES string of the molecule is C[C@H](C#Cc1ccccc1Cl)Nc1ccccc1. The fraction of sp³-hybridized carbons (Fsp3) is 0.125. The molecule has 1 N–H and O–H groups in total. The van der Waals surface area contributed by atoms with Gasteiger partial charge in [0.25, 0.3) is 0 Å². The zero-order valence-corrected chi connectivity index (χ0v) is 10.9. The van der Waals surface area contributed by atoms with E-state index in [4.69, 9.17) is 11.6 Å². The minimum Gasteiger partial charge on any atom is -0.372 e. The van der Waals surface area contributed by atoms with Crippen molar-refractivity contribution in [2.45, 2.75) is 13.0 Å². The van der Waals surface area contributed by atoms with Crippen LogP contribution >= 0.6 is 11.6 Å². The van der Waals surface area contributed by atoms with Crippen molar-refractivity contribution in [1.29, 1.82) is 0 Å². The van der Waals surface area contributed by atoms with Gasteiger partial charge in [0.15, 0.2) is 0 Å². The van der Waals surface area contributed by atoms with E-state index in [1.807, 2.05) is 61.5 Å². The summed E-state index contributed by atoms with van der Waals surface area (Å²) in [5, 5.41) is 4.01. The molecular weight excluding hydrogens is 242 g/mol. The molecule has 0 aliphatic carbocycles. The van der Waals surface area contributed by atoms with Gasteiger partial charge in [-0.15, -0.1) is 0 Å². The normalized spacial score (nSPS) is 11.2. The topological polar surface area (TPSA) is 12.0 Å². The largest absolute Gasteiger partial charge is 0.372 e. The summed E-state index contributed by atoms with van der Waals surface area (Å²) in [6, 6.07) is 17.7. The highest BCUT2D eigenvalue weighted by Gasteiger charge is 1.97. The maximum atomic E-state index is 6.04. The van der Waals surface area contributed by atoms with Crippen molar-refractivity contribution >= 4 is 17.3 Å². The van der Waals surface area contributed by atoms with Gasteiger partial charge < -0.3 is 5.32 Å². The third kappa shape index (κ3) is 3.55.